The predicted octanol–water partition coefficient (Wildman–Crippen LogP) is 1.75. The average molecular weight is 245 g/mol. The maximum absolute atomic E-state index is 13.5. The van der Waals surface area contributed by atoms with E-state index in [1.165, 1.54) is 6.07 Å². The summed E-state index contributed by atoms with van der Waals surface area (Å²) in [5, 5.41) is 19.6. The Bertz CT molecular complexity index is 611. The number of rotatable bonds is 3. The normalized spacial score (nSPS) is 10.1. The third-order valence-electron chi connectivity index (χ3n) is 2.58. The van der Waals surface area contributed by atoms with E-state index in [-0.39, 0.29) is 0 Å². The molecule has 6 heteroatoms. The molecule has 0 fully saturated rings. The van der Waals surface area contributed by atoms with Gasteiger partial charge in [0, 0.05) is 24.5 Å². The fourth-order valence-corrected chi connectivity index (χ4v) is 1.59. The topological polar surface area (TPSA) is 66.5 Å². The Balaban J connectivity index is 2.19. The molecule has 18 heavy (non-hydrogen) atoms. The minimum absolute atomic E-state index is 0.291. The van der Waals surface area contributed by atoms with Crippen LogP contribution in [-0.4, -0.2) is 15.0 Å². The van der Waals surface area contributed by atoms with Crippen LogP contribution in [0.1, 0.15) is 16.8 Å². The van der Waals surface area contributed by atoms with Gasteiger partial charge in [0.05, 0.1) is 18.2 Å². The van der Waals surface area contributed by atoms with E-state index < -0.39 is 5.82 Å². The summed E-state index contributed by atoms with van der Waals surface area (Å²) in [4.78, 5) is 0. The Morgan fingerprint density at radius 1 is 1.50 bits per heavy atom. The van der Waals surface area contributed by atoms with Gasteiger partial charge in [-0.25, -0.2) is 4.39 Å². The van der Waals surface area contributed by atoms with Gasteiger partial charge in [-0.2, -0.15) is 5.26 Å². The highest BCUT2D eigenvalue weighted by molar-refractivity contribution is 5.55. The van der Waals surface area contributed by atoms with Gasteiger partial charge >= 0.3 is 0 Å². The summed E-state index contributed by atoms with van der Waals surface area (Å²) < 4.78 is 15.1. The summed E-state index contributed by atoms with van der Waals surface area (Å²) in [6, 6.07) is 4.77. The first-order valence-electron chi connectivity index (χ1n) is 5.39. The van der Waals surface area contributed by atoms with Crippen LogP contribution in [-0.2, 0) is 13.6 Å². The second-order valence-corrected chi connectivity index (χ2v) is 3.98. The zero-order valence-corrected chi connectivity index (χ0v) is 10.1. The highest BCUT2D eigenvalue weighted by Gasteiger charge is 2.07. The molecule has 0 saturated carbocycles. The Morgan fingerprint density at radius 3 is 2.89 bits per heavy atom. The van der Waals surface area contributed by atoms with Crippen molar-refractivity contribution in [1.82, 2.24) is 15.0 Å². The molecule has 5 nitrogen and oxygen atoms in total. The quantitative estimate of drug-likeness (QED) is 0.894. The van der Waals surface area contributed by atoms with Crippen LogP contribution in [0.5, 0.6) is 0 Å². The molecule has 1 aromatic carbocycles. The molecule has 2 rings (SSSR count). The first-order valence-corrected chi connectivity index (χ1v) is 5.39. The fraction of sp³-hybridized carbons (Fsp3) is 0.250. The van der Waals surface area contributed by atoms with Crippen molar-refractivity contribution in [3.8, 4) is 6.07 Å². The van der Waals surface area contributed by atoms with Crippen molar-refractivity contribution in [3.63, 3.8) is 0 Å². The van der Waals surface area contributed by atoms with Crippen LogP contribution in [0, 0.1) is 24.1 Å². The third-order valence-corrected chi connectivity index (χ3v) is 2.58. The number of nitrogens with zero attached hydrogens (tertiary/aromatic N) is 4. The number of nitriles is 1. The van der Waals surface area contributed by atoms with Gasteiger partial charge < -0.3 is 5.32 Å². The van der Waals surface area contributed by atoms with Gasteiger partial charge in [-0.3, -0.25) is 4.68 Å². The maximum Gasteiger partial charge on any atom is 0.129 e. The first kappa shape index (κ1) is 12.0. The van der Waals surface area contributed by atoms with Crippen LogP contribution >= 0.6 is 0 Å². The lowest BCUT2D eigenvalue weighted by Gasteiger charge is -2.09. The fourth-order valence-electron chi connectivity index (χ4n) is 1.59. The molecule has 0 aliphatic heterocycles. The molecule has 1 aromatic heterocycles. The standard InChI is InChI=1S/C12H12FN5/c1-8-11(13)3-9(5-14)4-12(8)15-6-10-7-18(2)17-16-10/h3-4,7,15H,6H2,1-2H3. The van der Waals surface area contributed by atoms with Crippen LogP contribution in [0.25, 0.3) is 0 Å². The van der Waals surface area contributed by atoms with Crippen molar-refractivity contribution in [3.05, 3.63) is 41.0 Å². The SMILES string of the molecule is Cc1c(F)cc(C#N)cc1NCc1cn(C)nn1. The Morgan fingerprint density at radius 2 is 2.28 bits per heavy atom. The number of benzene rings is 1. The van der Waals surface area contributed by atoms with Crippen LogP contribution in [0.15, 0.2) is 18.3 Å². The van der Waals surface area contributed by atoms with E-state index in [1.54, 1.807) is 30.9 Å². The number of halogens is 1. The number of nitrogens with one attached hydrogen (secondary N) is 1. The second-order valence-electron chi connectivity index (χ2n) is 3.98. The van der Waals surface area contributed by atoms with Crippen molar-refractivity contribution >= 4 is 5.69 Å². The van der Waals surface area contributed by atoms with Gasteiger partial charge in [0.25, 0.3) is 0 Å². The highest BCUT2D eigenvalue weighted by atomic mass is 19.1. The summed E-state index contributed by atoms with van der Waals surface area (Å²) in [5.74, 6) is -0.393. The van der Waals surface area contributed by atoms with Crippen molar-refractivity contribution in [2.24, 2.45) is 7.05 Å². The third kappa shape index (κ3) is 2.46. The average Bonchev–Trinajstić information content (AvgIpc) is 2.77. The van der Waals surface area contributed by atoms with E-state index in [4.69, 9.17) is 5.26 Å². The van der Waals surface area contributed by atoms with Crippen molar-refractivity contribution in [2.75, 3.05) is 5.32 Å². The van der Waals surface area contributed by atoms with E-state index in [0.717, 1.165) is 5.69 Å². The molecule has 0 amide bonds. The zero-order chi connectivity index (χ0) is 13.1. The Labute approximate surface area is 104 Å². The summed E-state index contributed by atoms with van der Waals surface area (Å²) in [6.07, 6.45) is 1.77. The number of hydrogen-bond donors (Lipinski definition) is 1. The molecule has 92 valence electrons. The Kier molecular flexibility index (Phi) is 3.24. The zero-order valence-electron chi connectivity index (χ0n) is 10.1. The van der Waals surface area contributed by atoms with E-state index in [0.29, 0.717) is 23.4 Å². The molecular weight excluding hydrogens is 233 g/mol. The van der Waals surface area contributed by atoms with Crippen LogP contribution in [0.3, 0.4) is 0 Å². The first-order chi connectivity index (χ1) is 8.60. The van der Waals surface area contributed by atoms with Gasteiger partial charge in [-0.15, -0.1) is 5.10 Å². The largest absolute Gasteiger partial charge is 0.379 e. The summed E-state index contributed by atoms with van der Waals surface area (Å²) in [7, 11) is 1.78. The lowest BCUT2D eigenvalue weighted by Crippen LogP contribution is -2.03. The number of aromatic nitrogens is 3. The molecule has 0 saturated heterocycles. The molecule has 0 spiro atoms. The monoisotopic (exact) mass is 245 g/mol. The summed E-state index contributed by atoms with van der Waals surface area (Å²) in [6.45, 7) is 2.10. The second kappa shape index (κ2) is 4.84. The molecule has 0 bridgehead atoms. The molecule has 1 heterocycles. The van der Waals surface area contributed by atoms with Crippen molar-refractivity contribution in [2.45, 2.75) is 13.5 Å². The number of aryl methyl sites for hydroxylation is 1. The van der Waals surface area contributed by atoms with Crippen LogP contribution in [0.2, 0.25) is 0 Å². The van der Waals surface area contributed by atoms with E-state index >= 15 is 0 Å². The smallest absolute Gasteiger partial charge is 0.129 e. The lowest BCUT2D eigenvalue weighted by molar-refractivity contribution is 0.618. The molecule has 0 atom stereocenters. The van der Waals surface area contributed by atoms with Gasteiger partial charge in [0.1, 0.15) is 11.5 Å². The maximum atomic E-state index is 13.5. The highest BCUT2D eigenvalue weighted by Crippen LogP contribution is 2.20. The molecule has 0 radical (unpaired) electrons. The Hall–Kier alpha value is -2.42. The minimum atomic E-state index is -0.393. The molecule has 0 aliphatic rings. The van der Waals surface area contributed by atoms with E-state index in [9.17, 15) is 4.39 Å². The lowest BCUT2D eigenvalue weighted by atomic mass is 10.1. The van der Waals surface area contributed by atoms with Gasteiger partial charge in [0.2, 0.25) is 0 Å². The summed E-state index contributed by atoms with van der Waals surface area (Å²) in [5.41, 5.74) is 2.12. The van der Waals surface area contributed by atoms with Crippen molar-refractivity contribution in [1.29, 1.82) is 5.26 Å². The van der Waals surface area contributed by atoms with Crippen LogP contribution < -0.4 is 5.32 Å². The van der Waals surface area contributed by atoms with Gasteiger partial charge in [-0.1, -0.05) is 5.21 Å². The van der Waals surface area contributed by atoms with Crippen molar-refractivity contribution < 1.29 is 4.39 Å². The molecule has 0 aliphatic carbocycles. The van der Waals surface area contributed by atoms with E-state index in [2.05, 4.69) is 15.6 Å². The van der Waals surface area contributed by atoms with Gasteiger partial charge in [0.15, 0.2) is 0 Å². The summed E-state index contributed by atoms with van der Waals surface area (Å²) >= 11 is 0. The molecule has 0 unspecified atom stereocenters. The minimum Gasteiger partial charge on any atom is -0.379 e. The predicted molar refractivity (Wildman–Crippen MR) is 64.2 cm³/mol. The molecular formula is C12H12FN5. The molecule has 2 aromatic rings. The van der Waals surface area contributed by atoms with Gasteiger partial charge in [-0.05, 0) is 19.1 Å². The number of hydrogen-bond acceptors (Lipinski definition) is 4. The van der Waals surface area contributed by atoms with E-state index in [1.807, 2.05) is 6.07 Å². The molecule has 1 N–H and O–H groups in total. The van der Waals surface area contributed by atoms with Crippen LogP contribution in [0.4, 0.5) is 10.1 Å². The number of anilines is 1.